The average Bonchev–Trinajstić information content (AvgIpc) is 3.26. The molecule has 6 heteroatoms. The van der Waals surface area contributed by atoms with Crippen LogP contribution in [0.15, 0.2) is 43.1 Å². The fourth-order valence-electron chi connectivity index (χ4n) is 3.53. The lowest BCUT2D eigenvalue weighted by atomic mass is 9.93. The van der Waals surface area contributed by atoms with Crippen LogP contribution in [0, 0.1) is 0 Å². The van der Waals surface area contributed by atoms with Crippen LogP contribution in [0.1, 0.15) is 49.2 Å². The van der Waals surface area contributed by atoms with Gasteiger partial charge in [0.25, 0.3) is 0 Å². The van der Waals surface area contributed by atoms with Crippen molar-refractivity contribution in [2.24, 2.45) is 0 Å². The van der Waals surface area contributed by atoms with Gasteiger partial charge in [-0.15, -0.1) is 10.2 Å². The van der Waals surface area contributed by atoms with Gasteiger partial charge in [-0.3, -0.25) is 4.40 Å². The molecule has 0 amide bonds. The lowest BCUT2D eigenvalue weighted by Gasteiger charge is -2.19. The number of hydrogen-bond acceptors (Lipinski definition) is 4. The van der Waals surface area contributed by atoms with Gasteiger partial charge in [0.2, 0.25) is 0 Å². The number of aliphatic hydroxyl groups excluding tert-OH is 1. The lowest BCUT2D eigenvalue weighted by molar-refractivity contribution is 0.0796. The van der Waals surface area contributed by atoms with E-state index in [9.17, 15) is 10.2 Å². The minimum atomic E-state index is -1.01. The van der Waals surface area contributed by atoms with Gasteiger partial charge < -0.3 is 10.2 Å². The Bertz CT molecular complexity index is 1030. The Kier molecular flexibility index (Phi) is 3.65. The van der Waals surface area contributed by atoms with Crippen LogP contribution >= 0.6 is 11.6 Å². The summed E-state index contributed by atoms with van der Waals surface area (Å²) in [6, 6.07) is 9.37. The molecule has 0 unspecified atom stereocenters. The molecule has 2 heterocycles. The number of fused-ring (bicyclic) bond motifs is 1. The standard InChI is InChI=1S/C20H20ClN3O2/c1-12(25)14-11-13(6-7-16(14)21)20(8-9-20)18-23-22-17-15(19(2,3)26)5-4-10-24(17)18/h4-7,10-11,25-26H,1,8-9H2,2-3H3. The molecule has 4 rings (SSSR count). The summed E-state index contributed by atoms with van der Waals surface area (Å²) < 4.78 is 1.95. The Morgan fingerprint density at radius 3 is 2.62 bits per heavy atom. The number of benzene rings is 1. The molecule has 0 spiro atoms. The number of pyridine rings is 1. The number of aliphatic hydroxyl groups is 2. The zero-order valence-corrected chi connectivity index (χ0v) is 15.5. The Balaban J connectivity index is 1.89. The van der Waals surface area contributed by atoms with E-state index in [0.29, 0.717) is 16.2 Å². The Labute approximate surface area is 156 Å². The fourth-order valence-corrected chi connectivity index (χ4v) is 3.76. The van der Waals surface area contributed by atoms with Gasteiger partial charge in [-0.1, -0.05) is 30.3 Å². The maximum Gasteiger partial charge on any atom is 0.166 e. The highest BCUT2D eigenvalue weighted by Crippen LogP contribution is 2.53. The van der Waals surface area contributed by atoms with E-state index in [1.54, 1.807) is 19.9 Å². The molecule has 0 bridgehead atoms. The Hall–Kier alpha value is -2.37. The highest BCUT2D eigenvalue weighted by Gasteiger charge is 2.50. The molecule has 0 saturated heterocycles. The van der Waals surface area contributed by atoms with Crippen LogP contribution in [0.2, 0.25) is 5.02 Å². The van der Waals surface area contributed by atoms with E-state index < -0.39 is 5.60 Å². The van der Waals surface area contributed by atoms with E-state index >= 15 is 0 Å². The van der Waals surface area contributed by atoms with Gasteiger partial charge in [0, 0.05) is 17.3 Å². The van der Waals surface area contributed by atoms with Gasteiger partial charge in [-0.05, 0) is 50.5 Å². The minimum Gasteiger partial charge on any atom is -0.508 e. The van der Waals surface area contributed by atoms with E-state index in [2.05, 4.69) is 16.8 Å². The van der Waals surface area contributed by atoms with E-state index in [-0.39, 0.29) is 11.2 Å². The topological polar surface area (TPSA) is 70.7 Å². The van der Waals surface area contributed by atoms with Gasteiger partial charge in [0.05, 0.1) is 16.0 Å². The molecular formula is C20H20ClN3O2. The van der Waals surface area contributed by atoms with Gasteiger partial charge in [-0.2, -0.15) is 0 Å². The van der Waals surface area contributed by atoms with Crippen LogP contribution in [-0.2, 0) is 11.0 Å². The molecule has 1 fully saturated rings. The fraction of sp³-hybridized carbons (Fsp3) is 0.300. The molecule has 0 radical (unpaired) electrons. The summed E-state index contributed by atoms with van der Waals surface area (Å²) in [5.74, 6) is 0.776. The normalized spacial score (nSPS) is 16.0. The molecule has 0 aliphatic heterocycles. The Morgan fingerprint density at radius 1 is 1.27 bits per heavy atom. The molecule has 0 atom stereocenters. The van der Waals surface area contributed by atoms with Crippen LogP contribution in [0.3, 0.4) is 0 Å². The van der Waals surface area contributed by atoms with Gasteiger partial charge >= 0.3 is 0 Å². The first-order valence-corrected chi connectivity index (χ1v) is 8.87. The maximum absolute atomic E-state index is 10.4. The Morgan fingerprint density at radius 2 is 2.00 bits per heavy atom. The predicted octanol–water partition coefficient (Wildman–Crippen LogP) is 4.22. The van der Waals surface area contributed by atoms with E-state index in [4.69, 9.17) is 11.6 Å². The van der Waals surface area contributed by atoms with Crippen molar-refractivity contribution in [2.75, 3.05) is 0 Å². The van der Waals surface area contributed by atoms with Crippen molar-refractivity contribution in [3.63, 3.8) is 0 Å². The number of rotatable bonds is 4. The van der Waals surface area contributed by atoms with Crippen molar-refractivity contribution < 1.29 is 10.2 Å². The molecule has 5 nitrogen and oxygen atoms in total. The summed E-state index contributed by atoms with van der Waals surface area (Å²) in [6.45, 7) is 7.07. The maximum atomic E-state index is 10.4. The first-order valence-electron chi connectivity index (χ1n) is 8.49. The third kappa shape index (κ3) is 2.50. The van der Waals surface area contributed by atoms with Crippen molar-refractivity contribution in [1.82, 2.24) is 14.6 Å². The quantitative estimate of drug-likeness (QED) is 0.675. The second-order valence-electron chi connectivity index (χ2n) is 7.42. The molecule has 3 aromatic rings. The predicted molar refractivity (Wildman–Crippen MR) is 101 cm³/mol. The molecule has 1 aliphatic carbocycles. The molecule has 1 aromatic carbocycles. The average molecular weight is 370 g/mol. The third-order valence-corrected chi connectivity index (χ3v) is 5.43. The monoisotopic (exact) mass is 369 g/mol. The second kappa shape index (κ2) is 5.56. The molecule has 1 saturated carbocycles. The number of halogens is 1. The molecule has 26 heavy (non-hydrogen) atoms. The van der Waals surface area contributed by atoms with Gasteiger partial charge in [0.1, 0.15) is 11.6 Å². The number of hydrogen-bond donors (Lipinski definition) is 2. The summed E-state index contributed by atoms with van der Waals surface area (Å²) in [4.78, 5) is 0. The van der Waals surface area contributed by atoms with E-state index in [0.717, 1.165) is 29.8 Å². The van der Waals surface area contributed by atoms with Crippen LogP contribution in [0.5, 0.6) is 0 Å². The summed E-state index contributed by atoms with van der Waals surface area (Å²) in [6.07, 6.45) is 3.78. The first kappa shape index (κ1) is 17.1. The summed E-state index contributed by atoms with van der Waals surface area (Å²) in [5, 5.41) is 29.5. The SMILES string of the molecule is C=C(O)c1cc(C2(c3nnc4c(C(C)(C)O)cccn34)CC2)ccc1Cl. The lowest BCUT2D eigenvalue weighted by Crippen LogP contribution is -2.18. The van der Waals surface area contributed by atoms with E-state index in [1.807, 2.05) is 34.9 Å². The molecule has 2 aromatic heterocycles. The van der Waals surface area contributed by atoms with Crippen LogP contribution in [0.25, 0.3) is 11.4 Å². The van der Waals surface area contributed by atoms with Crippen LogP contribution in [0.4, 0.5) is 0 Å². The summed E-state index contributed by atoms with van der Waals surface area (Å²) in [5.41, 5.74) is 1.66. The zero-order valence-electron chi connectivity index (χ0n) is 14.7. The highest BCUT2D eigenvalue weighted by atomic mass is 35.5. The zero-order chi connectivity index (χ0) is 18.7. The summed E-state index contributed by atoms with van der Waals surface area (Å²) in [7, 11) is 0. The van der Waals surface area contributed by atoms with Crippen molar-refractivity contribution in [2.45, 2.75) is 37.7 Å². The minimum absolute atomic E-state index is 0.0527. The molecule has 1 aliphatic rings. The molecular weight excluding hydrogens is 350 g/mol. The van der Waals surface area contributed by atoms with E-state index in [1.165, 1.54) is 0 Å². The smallest absolute Gasteiger partial charge is 0.166 e. The van der Waals surface area contributed by atoms with Crippen molar-refractivity contribution in [3.05, 3.63) is 70.6 Å². The molecule has 2 N–H and O–H groups in total. The van der Waals surface area contributed by atoms with Crippen molar-refractivity contribution in [1.29, 1.82) is 0 Å². The summed E-state index contributed by atoms with van der Waals surface area (Å²) >= 11 is 6.17. The highest BCUT2D eigenvalue weighted by molar-refractivity contribution is 6.32. The van der Waals surface area contributed by atoms with Crippen LogP contribution < -0.4 is 0 Å². The third-order valence-electron chi connectivity index (χ3n) is 5.10. The number of nitrogens with zero attached hydrogens (tertiary/aromatic N) is 3. The van der Waals surface area contributed by atoms with Crippen molar-refractivity contribution in [3.8, 4) is 0 Å². The first-order chi connectivity index (χ1) is 12.2. The van der Waals surface area contributed by atoms with Crippen molar-refractivity contribution >= 4 is 23.0 Å². The van der Waals surface area contributed by atoms with Gasteiger partial charge in [0.15, 0.2) is 5.65 Å². The number of aromatic nitrogens is 3. The largest absolute Gasteiger partial charge is 0.508 e. The van der Waals surface area contributed by atoms with Crippen LogP contribution in [-0.4, -0.2) is 24.8 Å². The van der Waals surface area contributed by atoms with Gasteiger partial charge in [-0.25, -0.2) is 0 Å². The molecule has 134 valence electrons. The second-order valence-corrected chi connectivity index (χ2v) is 7.83.